The van der Waals surface area contributed by atoms with Gasteiger partial charge in [0.05, 0.1) is 16.1 Å². The molecule has 1 amide bonds. The number of nitro groups is 2. The number of hydrogen-bond acceptors (Lipinski definition) is 8. The van der Waals surface area contributed by atoms with Crippen molar-refractivity contribution < 1.29 is 24.5 Å². The lowest BCUT2D eigenvalue weighted by molar-refractivity contribution is -0.385. The van der Waals surface area contributed by atoms with Crippen molar-refractivity contribution in [1.82, 2.24) is 5.43 Å². The summed E-state index contributed by atoms with van der Waals surface area (Å²) in [5.74, 6) is -1.04. The maximum absolute atomic E-state index is 11.7. The number of nitro benzene ring substituents is 2. The van der Waals surface area contributed by atoms with Crippen molar-refractivity contribution in [2.45, 2.75) is 6.92 Å². The molecule has 2 N–H and O–H groups in total. The third kappa shape index (κ3) is 5.22. The van der Waals surface area contributed by atoms with E-state index in [1.54, 1.807) is 13.0 Å². The summed E-state index contributed by atoms with van der Waals surface area (Å²) in [4.78, 5) is 32.2. The number of hydrazone groups is 1. The number of hydrogen-bond donors (Lipinski definition) is 2. The van der Waals surface area contributed by atoms with Crippen molar-refractivity contribution in [3.63, 3.8) is 0 Å². The highest BCUT2D eigenvalue weighted by molar-refractivity contribution is 5.86. The Morgan fingerprint density at radius 1 is 1.22 bits per heavy atom. The first-order valence-electron chi connectivity index (χ1n) is 7.45. The van der Waals surface area contributed by atoms with Crippen LogP contribution in [0, 0.1) is 27.2 Å². The van der Waals surface area contributed by atoms with Gasteiger partial charge in [-0.15, -0.1) is 0 Å². The molecule has 0 bridgehead atoms. The summed E-state index contributed by atoms with van der Waals surface area (Å²) < 4.78 is 5.13. The van der Waals surface area contributed by atoms with Gasteiger partial charge in [0.2, 0.25) is 0 Å². The van der Waals surface area contributed by atoms with Gasteiger partial charge in [-0.05, 0) is 24.6 Å². The van der Waals surface area contributed by atoms with Crippen LogP contribution in [0.4, 0.5) is 11.4 Å². The average molecular weight is 374 g/mol. The van der Waals surface area contributed by atoms with Gasteiger partial charge in [0.25, 0.3) is 11.6 Å². The second-order valence-corrected chi connectivity index (χ2v) is 5.31. The molecule has 2 rings (SSSR count). The van der Waals surface area contributed by atoms with Crippen molar-refractivity contribution in [1.29, 1.82) is 0 Å². The van der Waals surface area contributed by atoms with Crippen molar-refractivity contribution >= 4 is 23.5 Å². The molecule has 0 fully saturated rings. The number of rotatable bonds is 7. The molecule has 140 valence electrons. The second kappa shape index (κ2) is 8.38. The lowest BCUT2D eigenvalue weighted by Gasteiger charge is -2.06. The van der Waals surface area contributed by atoms with Crippen LogP contribution in [0.25, 0.3) is 0 Å². The molecule has 2 aromatic rings. The lowest BCUT2D eigenvalue weighted by Crippen LogP contribution is -2.24. The standard InChI is InChI=1S/C16H14N4O7/c1-10-2-5-15(13(6-10)20(25)26)27-9-16(22)18-17-8-11-7-12(19(23)24)3-4-14(11)21/h2-8,21H,9H2,1H3,(H,18,22)/b17-8+. The van der Waals surface area contributed by atoms with Gasteiger partial charge in [-0.2, -0.15) is 5.10 Å². The largest absolute Gasteiger partial charge is 0.507 e. The summed E-state index contributed by atoms with van der Waals surface area (Å²) in [5, 5.41) is 34.9. The van der Waals surface area contributed by atoms with Crippen LogP contribution in [0.1, 0.15) is 11.1 Å². The van der Waals surface area contributed by atoms with Crippen molar-refractivity contribution in [3.05, 3.63) is 67.8 Å². The molecule has 11 heteroatoms. The van der Waals surface area contributed by atoms with Crippen LogP contribution in [0.2, 0.25) is 0 Å². The van der Waals surface area contributed by atoms with Crippen LogP contribution in [0.5, 0.6) is 11.5 Å². The molecule has 0 aliphatic rings. The van der Waals surface area contributed by atoms with Crippen LogP contribution < -0.4 is 10.2 Å². The summed E-state index contributed by atoms with van der Waals surface area (Å²) in [5.41, 5.74) is 2.26. The first-order chi connectivity index (χ1) is 12.8. The molecule has 0 aromatic heterocycles. The first kappa shape index (κ1) is 19.3. The highest BCUT2D eigenvalue weighted by Gasteiger charge is 2.16. The fourth-order valence-electron chi connectivity index (χ4n) is 2.00. The number of benzene rings is 2. The molecule has 0 spiro atoms. The minimum atomic E-state index is -0.717. The van der Waals surface area contributed by atoms with Crippen LogP contribution in [-0.2, 0) is 4.79 Å². The Balaban J connectivity index is 1.98. The van der Waals surface area contributed by atoms with Crippen molar-refractivity contribution in [3.8, 4) is 11.5 Å². The Hall–Kier alpha value is -4.02. The minimum absolute atomic E-state index is 0.0274. The number of nitrogens with zero attached hydrogens (tertiary/aromatic N) is 3. The predicted molar refractivity (Wildman–Crippen MR) is 93.8 cm³/mol. The zero-order chi connectivity index (χ0) is 20.0. The molecule has 0 aliphatic carbocycles. The molecule has 2 aromatic carbocycles. The molecule has 0 atom stereocenters. The number of carbonyl (C=O) groups is 1. The van der Waals surface area contributed by atoms with Gasteiger partial charge in [0.1, 0.15) is 5.75 Å². The third-order valence-electron chi connectivity index (χ3n) is 3.28. The molecular weight excluding hydrogens is 360 g/mol. The fraction of sp³-hybridized carbons (Fsp3) is 0.125. The van der Waals surface area contributed by atoms with Gasteiger partial charge < -0.3 is 9.84 Å². The summed E-state index contributed by atoms with van der Waals surface area (Å²) in [6.07, 6.45) is 1.02. The lowest BCUT2D eigenvalue weighted by atomic mass is 10.2. The van der Waals surface area contributed by atoms with E-state index < -0.39 is 22.4 Å². The predicted octanol–water partition coefficient (Wildman–Crippen LogP) is 2.05. The maximum atomic E-state index is 11.7. The average Bonchev–Trinajstić information content (AvgIpc) is 2.61. The molecule has 0 unspecified atom stereocenters. The fourth-order valence-corrected chi connectivity index (χ4v) is 2.00. The molecular formula is C16H14N4O7. The van der Waals surface area contributed by atoms with E-state index in [4.69, 9.17) is 4.74 Å². The summed E-state index contributed by atoms with van der Waals surface area (Å²) in [6, 6.07) is 7.62. The van der Waals surface area contributed by atoms with Gasteiger partial charge in [-0.3, -0.25) is 25.0 Å². The van der Waals surface area contributed by atoms with Gasteiger partial charge in [0.15, 0.2) is 12.4 Å². The normalized spacial score (nSPS) is 10.6. The van der Waals surface area contributed by atoms with Crippen molar-refractivity contribution in [2.75, 3.05) is 6.61 Å². The van der Waals surface area contributed by atoms with E-state index in [2.05, 4.69) is 10.5 Å². The number of carbonyl (C=O) groups excluding carboxylic acids is 1. The van der Waals surface area contributed by atoms with E-state index >= 15 is 0 Å². The summed E-state index contributed by atoms with van der Waals surface area (Å²) >= 11 is 0. The number of aromatic hydroxyl groups is 1. The first-order valence-corrected chi connectivity index (χ1v) is 7.45. The van der Waals surface area contributed by atoms with Crippen LogP contribution in [0.15, 0.2) is 41.5 Å². The Bertz CT molecular complexity index is 927. The number of phenolic OH excluding ortho intramolecular Hbond substituents is 1. The topological polar surface area (TPSA) is 157 Å². The molecule has 11 nitrogen and oxygen atoms in total. The smallest absolute Gasteiger partial charge is 0.311 e. The Kier molecular flexibility index (Phi) is 5.99. The molecule has 0 aliphatic heterocycles. The molecule has 0 saturated carbocycles. The van der Waals surface area contributed by atoms with E-state index in [0.29, 0.717) is 5.56 Å². The summed E-state index contributed by atoms with van der Waals surface area (Å²) in [6.45, 7) is 1.14. The monoisotopic (exact) mass is 374 g/mol. The maximum Gasteiger partial charge on any atom is 0.311 e. The van der Waals surface area contributed by atoms with Gasteiger partial charge in [-0.1, -0.05) is 6.07 Å². The van der Waals surface area contributed by atoms with Gasteiger partial charge >= 0.3 is 5.69 Å². The number of phenols is 1. The Morgan fingerprint density at radius 2 is 1.96 bits per heavy atom. The zero-order valence-corrected chi connectivity index (χ0v) is 14.0. The van der Waals surface area contributed by atoms with Crippen LogP contribution in [0.3, 0.4) is 0 Å². The molecule has 0 heterocycles. The Labute approximate surface area is 152 Å². The van der Waals surface area contributed by atoms with E-state index in [0.717, 1.165) is 24.4 Å². The minimum Gasteiger partial charge on any atom is -0.507 e. The van der Waals surface area contributed by atoms with Crippen molar-refractivity contribution in [2.24, 2.45) is 5.10 Å². The van der Waals surface area contributed by atoms with Crippen LogP contribution >= 0.6 is 0 Å². The second-order valence-electron chi connectivity index (χ2n) is 5.31. The number of aryl methyl sites for hydroxylation is 1. The molecule has 27 heavy (non-hydrogen) atoms. The highest BCUT2D eigenvalue weighted by atomic mass is 16.6. The quantitative estimate of drug-likeness (QED) is 0.426. The van der Waals surface area contributed by atoms with E-state index in [-0.39, 0.29) is 28.4 Å². The number of amides is 1. The molecule has 0 radical (unpaired) electrons. The zero-order valence-electron chi connectivity index (χ0n) is 14.0. The summed E-state index contributed by atoms with van der Waals surface area (Å²) in [7, 11) is 0. The van der Waals surface area contributed by atoms with Crippen LogP contribution in [-0.4, -0.2) is 33.7 Å². The van der Waals surface area contributed by atoms with E-state index in [9.17, 15) is 30.1 Å². The van der Waals surface area contributed by atoms with Gasteiger partial charge in [-0.25, -0.2) is 5.43 Å². The molecule has 0 saturated heterocycles. The Morgan fingerprint density at radius 3 is 2.63 bits per heavy atom. The highest BCUT2D eigenvalue weighted by Crippen LogP contribution is 2.27. The van der Waals surface area contributed by atoms with Gasteiger partial charge in [0, 0.05) is 23.8 Å². The number of ether oxygens (including phenoxy) is 1. The third-order valence-corrected chi connectivity index (χ3v) is 3.28. The number of non-ortho nitro benzene ring substituents is 1. The number of nitrogens with one attached hydrogen (secondary N) is 1. The SMILES string of the molecule is Cc1ccc(OCC(=O)N/N=C/c2cc([N+](=O)[O-])ccc2O)c([N+](=O)[O-])c1. The van der Waals surface area contributed by atoms with E-state index in [1.165, 1.54) is 12.1 Å². The van der Waals surface area contributed by atoms with E-state index in [1.807, 2.05) is 0 Å².